The Balaban J connectivity index is 1.57. The molecule has 0 saturated heterocycles. The van der Waals surface area contributed by atoms with Crippen molar-refractivity contribution in [2.75, 3.05) is 31.4 Å². The first-order valence-electron chi connectivity index (χ1n) is 10.9. The zero-order valence-electron chi connectivity index (χ0n) is 19.3. The molecule has 34 heavy (non-hydrogen) atoms. The molecule has 1 saturated carbocycles. The summed E-state index contributed by atoms with van der Waals surface area (Å²) in [6, 6.07) is 6.98. The van der Waals surface area contributed by atoms with Crippen LogP contribution in [0.3, 0.4) is 0 Å². The van der Waals surface area contributed by atoms with Gasteiger partial charge in [0.15, 0.2) is 11.5 Å². The Morgan fingerprint density at radius 2 is 1.82 bits per heavy atom. The molecule has 7 nitrogen and oxygen atoms in total. The average Bonchev–Trinajstić information content (AvgIpc) is 3.50. The number of nitrogens with zero attached hydrogens (tertiary/aromatic N) is 2. The second kappa shape index (κ2) is 9.17. The number of aromatic nitrogens is 2. The first-order chi connectivity index (χ1) is 16.1. The number of ether oxygens (including phenoxy) is 3. The van der Waals surface area contributed by atoms with E-state index in [0.29, 0.717) is 52.8 Å². The lowest BCUT2D eigenvalue weighted by molar-refractivity contribution is -0.137. The van der Waals surface area contributed by atoms with E-state index in [1.54, 1.807) is 26.2 Å². The van der Waals surface area contributed by atoms with Crippen molar-refractivity contribution in [1.82, 2.24) is 9.97 Å². The summed E-state index contributed by atoms with van der Waals surface area (Å²) in [6.45, 7) is 4.69. The molecule has 1 aromatic heterocycles. The smallest absolute Gasteiger partial charge is 0.416 e. The maximum absolute atomic E-state index is 13.2. The molecule has 0 bridgehead atoms. The van der Waals surface area contributed by atoms with Crippen LogP contribution in [0.15, 0.2) is 30.3 Å². The molecule has 0 spiro atoms. The van der Waals surface area contributed by atoms with Gasteiger partial charge in [-0.15, -0.1) is 0 Å². The third kappa shape index (κ3) is 5.61. The minimum atomic E-state index is -4.48. The van der Waals surface area contributed by atoms with Crippen molar-refractivity contribution in [2.45, 2.75) is 45.0 Å². The van der Waals surface area contributed by atoms with Crippen LogP contribution in [0.5, 0.6) is 11.5 Å². The molecule has 10 heteroatoms. The van der Waals surface area contributed by atoms with Crippen LogP contribution in [0, 0.1) is 6.92 Å². The monoisotopic (exact) mass is 476 g/mol. The maximum atomic E-state index is 13.2. The Hall–Kier alpha value is -3.27. The molecule has 1 aliphatic carbocycles. The van der Waals surface area contributed by atoms with Crippen LogP contribution in [0.25, 0.3) is 10.9 Å². The summed E-state index contributed by atoms with van der Waals surface area (Å²) in [5.41, 5.74) is 5.89. The molecule has 0 atom stereocenters. The van der Waals surface area contributed by atoms with E-state index in [9.17, 15) is 13.2 Å². The van der Waals surface area contributed by atoms with E-state index in [1.165, 1.54) is 6.07 Å². The SMILES string of the molecule is COc1cc2nc(C)nc(NCc3cc(N)cc(C(F)(F)F)c3)c2cc1OCCOC1(C)CC1. The van der Waals surface area contributed by atoms with Crippen molar-refractivity contribution in [1.29, 1.82) is 0 Å². The van der Waals surface area contributed by atoms with E-state index in [2.05, 4.69) is 22.2 Å². The zero-order valence-corrected chi connectivity index (χ0v) is 19.3. The van der Waals surface area contributed by atoms with Gasteiger partial charge in [0.05, 0.1) is 30.4 Å². The number of nitrogens with two attached hydrogens (primary N) is 1. The summed E-state index contributed by atoms with van der Waals surface area (Å²) in [4.78, 5) is 8.91. The number of fused-ring (bicyclic) bond motifs is 1. The molecule has 2 aromatic carbocycles. The molecule has 1 fully saturated rings. The Kier molecular flexibility index (Phi) is 6.44. The van der Waals surface area contributed by atoms with Crippen molar-refractivity contribution in [3.05, 3.63) is 47.3 Å². The number of hydrogen-bond acceptors (Lipinski definition) is 7. The number of halogens is 3. The van der Waals surface area contributed by atoms with Crippen molar-refractivity contribution in [3.63, 3.8) is 0 Å². The number of nitrogen functional groups attached to an aromatic ring is 1. The normalized spacial score (nSPS) is 14.8. The van der Waals surface area contributed by atoms with Crippen LogP contribution in [0.2, 0.25) is 0 Å². The van der Waals surface area contributed by atoms with Gasteiger partial charge in [0.25, 0.3) is 0 Å². The van der Waals surface area contributed by atoms with Crippen molar-refractivity contribution >= 4 is 22.4 Å². The minimum Gasteiger partial charge on any atom is -0.493 e. The zero-order chi connectivity index (χ0) is 24.5. The van der Waals surface area contributed by atoms with Crippen LogP contribution < -0.4 is 20.5 Å². The standard InChI is InChI=1S/C24H27F3N4O3/c1-14-30-19-12-20(32-3)21(33-6-7-34-23(2)4-5-23)11-18(19)22(31-14)29-13-15-8-16(24(25,26)27)10-17(28)9-15/h8-12H,4-7,13,28H2,1-3H3,(H,29,30,31). The fourth-order valence-corrected chi connectivity index (χ4v) is 3.59. The lowest BCUT2D eigenvalue weighted by atomic mass is 10.1. The summed E-state index contributed by atoms with van der Waals surface area (Å²) >= 11 is 0. The van der Waals surface area contributed by atoms with Crippen molar-refractivity contribution in [2.24, 2.45) is 0 Å². The highest BCUT2D eigenvalue weighted by atomic mass is 19.4. The van der Waals surface area contributed by atoms with Gasteiger partial charge >= 0.3 is 6.18 Å². The third-order valence-corrected chi connectivity index (χ3v) is 5.64. The van der Waals surface area contributed by atoms with Crippen LogP contribution in [-0.2, 0) is 17.5 Å². The number of alkyl halides is 3. The van der Waals surface area contributed by atoms with Gasteiger partial charge in [0.1, 0.15) is 18.2 Å². The predicted octanol–water partition coefficient (Wildman–Crippen LogP) is 5.11. The van der Waals surface area contributed by atoms with E-state index in [1.807, 2.05) is 0 Å². The Bertz CT molecular complexity index is 1200. The number of nitrogens with one attached hydrogen (secondary N) is 1. The minimum absolute atomic E-state index is 0.0356. The second-order valence-corrected chi connectivity index (χ2v) is 8.60. The summed E-state index contributed by atoms with van der Waals surface area (Å²) in [5, 5.41) is 3.77. The molecular weight excluding hydrogens is 449 g/mol. The van der Waals surface area contributed by atoms with E-state index < -0.39 is 11.7 Å². The number of anilines is 2. The molecular formula is C24H27F3N4O3. The van der Waals surface area contributed by atoms with Gasteiger partial charge in [-0.2, -0.15) is 13.2 Å². The van der Waals surface area contributed by atoms with Gasteiger partial charge in [-0.1, -0.05) is 0 Å². The second-order valence-electron chi connectivity index (χ2n) is 8.60. The fourth-order valence-electron chi connectivity index (χ4n) is 3.59. The van der Waals surface area contributed by atoms with Crippen molar-refractivity contribution < 1.29 is 27.4 Å². The molecule has 1 heterocycles. The summed E-state index contributed by atoms with van der Waals surface area (Å²) in [5.74, 6) is 1.98. The molecule has 0 radical (unpaired) electrons. The Morgan fingerprint density at radius 1 is 1.06 bits per heavy atom. The van der Waals surface area contributed by atoms with Gasteiger partial charge in [0.2, 0.25) is 0 Å². The van der Waals surface area contributed by atoms with Crippen LogP contribution in [0.1, 0.15) is 36.7 Å². The third-order valence-electron chi connectivity index (χ3n) is 5.64. The van der Waals surface area contributed by atoms with Gasteiger partial charge in [-0.05, 0) is 56.5 Å². The molecule has 0 aliphatic heterocycles. The number of benzene rings is 2. The number of aryl methyl sites for hydroxylation is 1. The maximum Gasteiger partial charge on any atom is 0.416 e. The highest BCUT2D eigenvalue weighted by molar-refractivity contribution is 5.91. The van der Waals surface area contributed by atoms with Crippen molar-refractivity contribution in [3.8, 4) is 11.5 Å². The van der Waals surface area contributed by atoms with Gasteiger partial charge in [0, 0.05) is 23.7 Å². The first-order valence-corrected chi connectivity index (χ1v) is 10.9. The Labute approximate surface area is 195 Å². The van der Waals surface area contributed by atoms with E-state index in [4.69, 9.17) is 19.9 Å². The molecule has 0 unspecified atom stereocenters. The summed E-state index contributed by atoms with van der Waals surface area (Å²) in [6.07, 6.45) is -2.38. The number of hydrogen-bond donors (Lipinski definition) is 2. The van der Waals surface area contributed by atoms with Crippen LogP contribution in [0.4, 0.5) is 24.7 Å². The van der Waals surface area contributed by atoms with Gasteiger partial charge in [-0.3, -0.25) is 0 Å². The molecule has 3 N–H and O–H groups in total. The van der Waals surface area contributed by atoms with Crippen LogP contribution in [-0.4, -0.2) is 35.9 Å². The Morgan fingerprint density at radius 3 is 2.50 bits per heavy atom. The number of methoxy groups -OCH3 is 1. The molecule has 182 valence electrons. The summed E-state index contributed by atoms with van der Waals surface area (Å²) in [7, 11) is 1.54. The topological polar surface area (TPSA) is 91.5 Å². The predicted molar refractivity (Wildman–Crippen MR) is 123 cm³/mol. The van der Waals surface area contributed by atoms with Gasteiger partial charge < -0.3 is 25.3 Å². The first kappa shape index (κ1) is 23.9. The van der Waals surface area contributed by atoms with E-state index >= 15 is 0 Å². The molecule has 0 amide bonds. The lowest BCUT2D eigenvalue weighted by Gasteiger charge is -2.16. The summed E-state index contributed by atoms with van der Waals surface area (Å²) < 4.78 is 56.6. The van der Waals surface area contributed by atoms with E-state index in [-0.39, 0.29) is 17.8 Å². The lowest BCUT2D eigenvalue weighted by Crippen LogP contribution is -2.15. The molecule has 4 rings (SSSR count). The quantitative estimate of drug-likeness (QED) is 0.328. The highest BCUT2D eigenvalue weighted by Gasteiger charge is 2.38. The van der Waals surface area contributed by atoms with E-state index in [0.717, 1.165) is 25.0 Å². The van der Waals surface area contributed by atoms with Gasteiger partial charge in [-0.25, -0.2) is 9.97 Å². The fraction of sp³-hybridized carbons (Fsp3) is 0.417. The number of rotatable bonds is 9. The molecule has 3 aromatic rings. The average molecular weight is 476 g/mol. The highest BCUT2D eigenvalue weighted by Crippen LogP contribution is 2.39. The molecule has 1 aliphatic rings. The van der Waals surface area contributed by atoms with Crippen LogP contribution >= 0.6 is 0 Å². The largest absolute Gasteiger partial charge is 0.493 e.